The van der Waals surface area contributed by atoms with Crippen molar-refractivity contribution in [3.63, 3.8) is 0 Å². The molecule has 0 aliphatic rings. The molecule has 2 rings (SSSR count). The van der Waals surface area contributed by atoms with Gasteiger partial charge in [-0.2, -0.15) is 0 Å². The maximum absolute atomic E-state index is 5.99. The highest BCUT2D eigenvalue weighted by atomic mass is 35.5. The lowest BCUT2D eigenvalue weighted by atomic mass is 10.2. The standard InChI is InChI=1S/C10H8ClN3/c11-8-4-2-1-3-7(8)10-13-6-5-9(12)14-10/h1-6H,(H2,12,13,14). The third-order valence-electron chi connectivity index (χ3n) is 1.79. The molecule has 2 N–H and O–H groups in total. The number of aromatic nitrogens is 2. The first kappa shape index (κ1) is 8.97. The topological polar surface area (TPSA) is 51.8 Å². The van der Waals surface area contributed by atoms with Gasteiger partial charge in [-0.25, -0.2) is 9.97 Å². The van der Waals surface area contributed by atoms with E-state index in [0.29, 0.717) is 16.7 Å². The summed E-state index contributed by atoms with van der Waals surface area (Å²) in [6.07, 6.45) is 1.61. The number of anilines is 1. The van der Waals surface area contributed by atoms with E-state index in [9.17, 15) is 0 Å². The molecule has 0 aliphatic carbocycles. The first-order valence-corrected chi connectivity index (χ1v) is 4.48. The third-order valence-corrected chi connectivity index (χ3v) is 2.12. The molecule has 3 nitrogen and oxygen atoms in total. The summed E-state index contributed by atoms with van der Waals surface area (Å²) in [4.78, 5) is 8.18. The van der Waals surface area contributed by atoms with Crippen LogP contribution in [-0.2, 0) is 0 Å². The van der Waals surface area contributed by atoms with Crippen LogP contribution in [0.15, 0.2) is 36.5 Å². The molecular weight excluding hydrogens is 198 g/mol. The molecular formula is C10H8ClN3. The van der Waals surface area contributed by atoms with Crippen LogP contribution in [0.5, 0.6) is 0 Å². The van der Waals surface area contributed by atoms with E-state index in [1.807, 2.05) is 18.2 Å². The summed E-state index contributed by atoms with van der Waals surface area (Å²) in [5.41, 5.74) is 6.34. The Hall–Kier alpha value is -1.61. The number of hydrogen-bond acceptors (Lipinski definition) is 3. The molecule has 1 aromatic carbocycles. The molecule has 0 fully saturated rings. The summed E-state index contributed by atoms with van der Waals surface area (Å²) in [6.45, 7) is 0. The Morgan fingerprint density at radius 1 is 1.14 bits per heavy atom. The lowest BCUT2D eigenvalue weighted by Crippen LogP contribution is -1.94. The average molecular weight is 206 g/mol. The fraction of sp³-hybridized carbons (Fsp3) is 0. The summed E-state index contributed by atoms with van der Waals surface area (Å²) in [5, 5.41) is 0.623. The number of hydrogen-bond donors (Lipinski definition) is 1. The van der Waals surface area contributed by atoms with Gasteiger partial charge in [-0.1, -0.05) is 23.7 Å². The van der Waals surface area contributed by atoms with Crippen LogP contribution < -0.4 is 5.73 Å². The SMILES string of the molecule is Nc1ccnc(-c2ccccc2Cl)n1. The van der Waals surface area contributed by atoms with Crippen molar-refractivity contribution in [2.45, 2.75) is 0 Å². The smallest absolute Gasteiger partial charge is 0.162 e. The number of rotatable bonds is 1. The zero-order valence-corrected chi connectivity index (χ0v) is 8.07. The molecule has 0 unspecified atom stereocenters. The number of halogens is 1. The van der Waals surface area contributed by atoms with Crippen LogP contribution in [0, 0.1) is 0 Å². The van der Waals surface area contributed by atoms with E-state index in [1.165, 1.54) is 0 Å². The quantitative estimate of drug-likeness (QED) is 0.778. The highest BCUT2D eigenvalue weighted by molar-refractivity contribution is 6.33. The summed E-state index contributed by atoms with van der Waals surface area (Å²) in [7, 11) is 0. The van der Waals surface area contributed by atoms with Crippen molar-refractivity contribution in [2.24, 2.45) is 0 Å². The van der Waals surface area contributed by atoms with E-state index in [1.54, 1.807) is 18.3 Å². The van der Waals surface area contributed by atoms with Gasteiger partial charge in [0.1, 0.15) is 5.82 Å². The monoisotopic (exact) mass is 205 g/mol. The zero-order valence-electron chi connectivity index (χ0n) is 7.31. The maximum atomic E-state index is 5.99. The Morgan fingerprint density at radius 3 is 2.64 bits per heavy atom. The summed E-state index contributed by atoms with van der Waals surface area (Å²) >= 11 is 5.99. The molecule has 0 saturated carbocycles. The van der Waals surface area contributed by atoms with Gasteiger partial charge in [0.25, 0.3) is 0 Å². The molecule has 0 bridgehead atoms. The van der Waals surface area contributed by atoms with Crippen molar-refractivity contribution < 1.29 is 0 Å². The minimum Gasteiger partial charge on any atom is -0.384 e. The second kappa shape index (κ2) is 3.64. The van der Waals surface area contributed by atoms with E-state index in [2.05, 4.69) is 9.97 Å². The van der Waals surface area contributed by atoms with Crippen LogP contribution in [0.25, 0.3) is 11.4 Å². The molecule has 14 heavy (non-hydrogen) atoms. The molecule has 1 heterocycles. The molecule has 4 heteroatoms. The van der Waals surface area contributed by atoms with Gasteiger partial charge in [0, 0.05) is 11.8 Å². The van der Waals surface area contributed by atoms with Gasteiger partial charge in [-0.3, -0.25) is 0 Å². The van der Waals surface area contributed by atoms with Gasteiger partial charge >= 0.3 is 0 Å². The van der Waals surface area contributed by atoms with Gasteiger partial charge in [0.15, 0.2) is 5.82 Å². The normalized spacial score (nSPS) is 10.1. The highest BCUT2D eigenvalue weighted by Gasteiger charge is 2.04. The molecule has 0 amide bonds. The fourth-order valence-electron chi connectivity index (χ4n) is 1.14. The van der Waals surface area contributed by atoms with Gasteiger partial charge in [0.2, 0.25) is 0 Å². The molecule has 1 aromatic heterocycles. The molecule has 0 atom stereocenters. The van der Waals surface area contributed by atoms with Gasteiger partial charge in [-0.15, -0.1) is 0 Å². The second-order valence-corrected chi connectivity index (χ2v) is 3.19. The lowest BCUT2D eigenvalue weighted by molar-refractivity contribution is 1.18. The molecule has 0 aliphatic heterocycles. The Labute approximate surface area is 86.6 Å². The van der Waals surface area contributed by atoms with E-state index >= 15 is 0 Å². The summed E-state index contributed by atoms with van der Waals surface area (Å²) < 4.78 is 0. The maximum Gasteiger partial charge on any atom is 0.162 e. The van der Waals surface area contributed by atoms with E-state index in [0.717, 1.165) is 5.56 Å². The Bertz CT molecular complexity index is 457. The Morgan fingerprint density at radius 2 is 1.93 bits per heavy atom. The predicted molar refractivity (Wildman–Crippen MR) is 56.9 cm³/mol. The molecule has 70 valence electrons. The molecule has 0 spiro atoms. The molecule has 0 radical (unpaired) electrons. The van der Waals surface area contributed by atoms with Crippen LogP contribution in [-0.4, -0.2) is 9.97 Å². The lowest BCUT2D eigenvalue weighted by Gasteiger charge is -2.02. The van der Waals surface area contributed by atoms with Crippen molar-refractivity contribution in [2.75, 3.05) is 5.73 Å². The number of nitrogens with zero attached hydrogens (tertiary/aromatic N) is 2. The highest BCUT2D eigenvalue weighted by Crippen LogP contribution is 2.24. The van der Waals surface area contributed by atoms with Crippen molar-refractivity contribution in [3.8, 4) is 11.4 Å². The van der Waals surface area contributed by atoms with Crippen LogP contribution in [0.3, 0.4) is 0 Å². The first-order valence-electron chi connectivity index (χ1n) is 4.11. The number of benzene rings is 1. The first-order chi connectivity index (χ1) is 6.77. The summed E-state index contributed by atoms with van der Waals surface area (Å²) in [6, 6.07) is 9.03. The predicted octanol–water partition coefficient (Wildman–Crippen LogP) is 2.38. The Balaban J connectivity index is 2.55. The zero-order chi connectivity index (χ0) is 9.97. The van der Waals surface area contributed by atoms with Gasteiger partial charge in [0.05, 0.1) is 5.02 Å². The number of nitrogen functional groups attached to an aromatic ring is 1. The fourth-order valence-corrected chi connectivity index (χ4v) is 1.37. The van der Waals surface area contributed by atoms with Crippen molar-refractivity contribution in [1.82, 2.24) is 9.97 Å². The van der Waals surface area contributed by atoms with Crippen LogP contribution in [0.2, 0.25) is 5.02 Å². The van der Waals surface area contributed by atoms with Gasteiger partial charge in [-0.05, 0) is 18.2 Å². The number of nitrogens with two attached hydrogens (primary N) is 1. The third kappa shape index (κ3) is 1.67. The van der Waals surface area contributed by atoms with Crippen LogP contribution >= 0.6 is 11.6 Å². The molecule has 0 saturated heterocycles. The Kier molecular flexibility index (Phi) is 2.33. The van der Waals surface area contributed by atoms with E-state index in [-0.39, 0.29) is 0 Å². The minimum atomic E-state index is 0.440. The second-order valence-electron chi connectivity index (χ2n) is 2.78. The van der Waals surface area contributed by atoms with Gasteiger partial charge < -0.3 is 5.73 Å². The minimum absolute atomic E-state index is 0.440. The van der Waals surface area contributed by atoms with E-state index < -0.39 is 0 Å². The molecule has 2 aromatic rings. The van der Waals surface area contributed by atoms with Crippen molar-refractivity contribution in [1.29, 1.82) is 0 Å². The van der Waals surface area contributed by atoms with Crippen LogP contribution in [0.1, 0.15) is 0 Å². The van der Waals surface area contributed by atoms with E-state index in [4.69, 9.17) is 17.3 Å². The average Bonchev–Trinajstić information content (AvgIpc) is 2.18. The van der Waals surface area contributed by atoms with Crippen LogP contribution in [0.4, 0.5) is 5.82 Å². The van der Waals surface area contributed by atoms with Crippen molar-refractivity contribution >= 4 is 17.4 Å². The van der Waals surface area contributed by atoms with Crippen molar-refractivity contribution in [3.05, 3.63) is 41.6 Å². The largest absolute Gasteiger partial charge is 0.384 e. The summed E-state index contributed by atoms with van der Waals surface area (Å²) in [5.74, 6) is 0.991.